The van der Waals surface area contributed by atoms with Crippen LogP contribution in [0.3, 0.4) is 0 Å². The highest BCUT2D eigenvalue weighted by Crippen LogP contribution is 2.21. The molecule has 0 fully saturated rings. The molecule has 0 bridgehead atoms. The van der Waals surface area contributed by atoms with Gasteiger partial charge in [0.15, 0.2) is 0 Å². The van der Waals surface area contributed by atoms with Crippen LogP contribution in [0.4, 0.5) is 19.1 Å². The van der Waals surface area contributed by atoms with E-state index in [-0.39, 0.29) is 18.3 Å². The van der Waals surface area contributed by atoms with Gasteiger partial charge in [-0.1, -0.05) is 13.8 Å². The van der Waals surface area contributed by atoms with E-state index in [1.165, 1.54) is 6.92 Å². The molecule has 7 nitrogen and oxygen atoms in total. The van der Waals surface area contributed by atoms with E-state index in [1.54, 1.807) is 6.92 Å². The quantitative estimate of drug-likeness (QED) is 0.872. The Morgan fingerprint density at radius 2 is 2.00 bits per heavy atom. The molecule has 0 aliphatic carbocycles. The van der Waals surface area contributed by atoms with E-state index in [4.69, 9.17) is 0 Å². The summed E-state index contributed by atoms with van der Waals surface area (Å²) in [6, 6.07) is 0. The van der Waals surface area contributed by atoms with Crippen LogP contribution in [0.25, 0.3) is 0 Å². The molecule has 132 valence electrons. The third kappa shape index (κ3) is 4.33. The second kappa shape index (κ2) is 6.62. The molecule has 24 heavy (non-hydrogen) atoms. The van der Waals surface area contributed by atoms with E-state index in [0.717, 1.165) is 4.68 Å². The molecule has 10 heteroatoms. The van der Waals surface area contributed by atoms with E-state index < -0.39 is 18.6 Å². The number of H-pyrrole nitrogens is 1. The highest BCUT2D eigenvalue weighted by Gasteiger charge is 2.30. The standard InChI is InChI=1S/C14H19F3N6O/c1-7(2)12-19-13(21-20-12)18-11(24)5-10-8(3)22-23(9(10)4)6-14(15,16)17/h7H,5-6H2,1-4H3,(H2,18,19,20,21,24). The number of carbonyl (C=O) groups is 1. The normalized spacial score (nSPS) is 12.0. The van der Waals surface area contributed by atoms with Crippen molar-refractivity contribution >= 4 is 11.9 Å². The summed E-state index contributed by atoms with van der Waals surface area (Å²) in [6.07, 6.45) is -4.46. The Labute approximate surface area is 136 Å². The van der Waals surface area contributed by atoms with Crippen molar-refractivity contribution in [1.82, 2.24) is 25.0 Å². The van der Waals surface area contributed by atoms with Crippen molar-refractivity contribution < 1.29 is 18.0 Å². The fourth-order valence-corrected chi connectivity index (χ4v) is 2.23. The average molecular weight is 344 g/mol. The molecule has 2 aromatic heterocycles. The number of hydrogen-bond acceptors (Lipinski definition) is 4. The predicted octanol–water partition coefficient (Wildman–Crippen LogP) is 2.48. The molecule has 2 N–H and O–H groups in total. The molecule has 2 aromatic rings. The number of aryl methyl sites for hydroxylation is 1. The predicted molar refractivity (Wildman–Crippen MR) is 80.6 cm³/mol. The maximum absolute atomic E-state index is 12.5. The first-order valence-corrected chi connectivity index (χ1v) is 7.38. The Balaban J connectivity index is 2.08. The number of amides is 1. The summed E-state index contributed by atoms with van der Waals surface area (Å²) in [4.78, 5) is 16.2. The molecule has 2 heterocycles. The third-order valence-corrected chi connectivity index (χ3v) is 3.50. The van der Waals surface area contributed by atoms with Crippen LogP contribution in [0.2, 0.25) is 0 Å². The molecule has 0 aliphatic rings. The van der Waals surface area contributed by atoms with Gasteiger partial charge < -0.3 is 0 Å². The van der Waals surface area contributed by atoms with Crippen LogP contribution >= 0.6 is 0 Å². The molecule has 0 atom stereocenters. The molecule has 0 spiro atoms. The summed E-state index contributed by atoms with van der Waals surface area (Å²) in [6.45, 7) is 5.76. The minimum absolute atomic E-state index is 0.0962. The van der Waals surface area contributed by atoms with Crippen molar-refractivity contribution in [2.24, 2.45) is 0 Å². The van der Waals surface area contributed by atoms with Crippen LogP contribution in [0.5, 0.6) is 0 Å². The van der Waals surface area contributed by atoms with Gasteiger partial charge in [0.05, 0.1) is 12.1 Å². The highest BCUT2D eigenvalue weighted by atomic mass is 19.4. The van der Waals surface area contributed by atoms with Gasteiger partial charge in [-0.05, 0) is 13.8 Å². The first-order valence-electron chi connectivity index (χ1n) is 7.38. The maximum atomic E-state index is 12.5. The molecular formula is C14H19F3N6O. The molecule has 0 saturated carbocycles. The van der Waals surface area contributed by atoms with Crippen LogP contribution in [0.1, 0.15) is 42.5 Å². The Morgan fingerprint density at radius 1 is 1.33 bits per heavy atom. The van der Waals surface area contributed by atoms with Gasteiger partial charge >= 0.3 is 6.18 Å². The average Bonchev–Trinajstić information content (AvgIpc) is 2.98. The number of halogens is 3. The molecule has 2 rings (SSSR count). The lowest BCUT2D eigenvalue weighted by molar-refractivity contribution is -0.142. The molecule has 1 amide bonds. The Morgan fingerprint density at radius 3 is 2.54 bits per heavy atom. The van der Waals surface area contributed by atoms with E-state index in [2.05, 4.69) is 25.6 Å². The van der Waals surface area contributed by atoms with E-state index >= 15 is 0 Å². The zero-order chi connectivity index (χ0) is 18.1. The lowest BCUT2D eigenvalue weighted by atomic mass is 10.1. The van der Waals surface area contributed by atoms with Crippen molar-refractivity contribution in [2.45, 2.75) is 52.8 Å². The van der Waals surface area contributed by atoms with Gasteiger partial charge in [0.2, 0.25) is 11.9 Å². The van der Waals surface area contributed by atoms with Gasteiger partial charge in [-0.2, -0.15) is 23.3 Å². The third-order valence-electron chi connectivity index (χ3n) is 3.50. The van der Waals surface area contributed by atoms with Gasteiger partial charge in [-0.15, -0.1) is 5.10 Å². The van der Waals surface area contributed by atoms with Crippen LogP contribution in [-0.4, -0.2) is 37.0 Å². The fraction of sp³-hybridized carbons (Fsp3) is 0.571. The lowest BCUT2D eigenvalue weighted by Gasteiger charge is -2.08. The van der Waals surface area contributed by atoms with Crippen molar-refractivity contribution in [3.05, 3.63) is 22.8 Å². The minimum atomic E-state index is -4.37. The van der Waals surface area contributed by atoms with Crippen molar-refractivity contribution in [2.75, 3.05) is 5.32 Å². The Bertz CT molecular complexity index is 731. The smallest absolute Gasteiger partial charge is 0.293 e. The number of nitrogens with zero attached hydrogens (tertiary/aromatic N) is 4. The van der Waals surface area contributed by atoms with Crippen LogP contribution < -0.4 is 5.32 Å². The highest BCUT2D eigenvalue weighted by molar-refractivity contribution is 5.90. The number of rotatable bonds is 5. The van der Waals surface area contributed by atoms with Gasteiger partial charge in [0.1, 0.15) is 12.4 Å². The van der Waals surface area contributed by atoms with Gasteiger partial charge in [0, 0.05) is 17.2 Å². The molecular weight excluding hydrogens is 325 g/mol. The van der Waals surface area contributed by atoms with Crippen molar-refractivity contribution in [3.8, 4) is 0 Å². The number of hydrogen-bond donors (Lipinski definition) is 2. The number of anilines is 1. The molecule has 0 saturated heterocycles. The minimum Gasteiger partial charge on any atom is -0.293 e. The van der Waals surface area contributed by atoms with E-state index in [0.29, 0.717) is 22.8 Å². The Hall–Kier alpha value is -2.39. The molecule has 0 unspecified atom stereocenters. The first kappa shape index (κ1) is 18.0. The van der Waals surface area contributed by atoms with E-state index in [1.807, 2.05) is 13.8 Å². The van der Waals surface area contributed by atoms with Crippen LogP contribution in [-0.2, 0) is 17.8 Å². The first-order chi connectivity index (χ1) is 11.1. The second-order valence-electron chi connectivity index (χ2n) is 5.85. The fourth-order valence-electron chi connectivity index (χ4n) is 2.23. The van der Waals surface area contributed by atoms with Crippen molar-refractivity contribution in [1.29, 1.82) is 0 Å². The largest absolute Gasteiger partial charge is 0.408 e. The zero-order valence-corrected chi connectivity index (χ0v) is 13.8. The molecule has 0 radical (unpaired) electrons. The summed E-state index contributed by atoms with van der Waals surface area (Å²) in [5, 5.41) is 13.0. The Kier molecular flexibility index (Phi) is 4.95. The topological polar surface area (TPSA) is 88.5 Å². The summed E-state index contributed by atoms with van der Waals surface area (Å²) < 4.78 is 38.4. The SMILES string of the molecule is Cc1nn(CC(F)(F)F)c(C)c1CC(=O)Nc1n[nH]c(C(C)C)n1. The summed E-state index contributed by atoms with van der Waals surface area (Å²) in [5.41, 5.74) is 1.18. The number of carbonyl (C=O) groups excluding carboxylic acids is 1. The van der Waals surface area contributed by atoms with Gasteiger partial charge in [-0.3, -0.25) is 19.9 Å². The molecule has 0 aliphatic heterocycles. The van der Waals surface area contributed by atoms with Crippen LogP contribution in [0.15, 0.2) is 0 Å². The maximum Gasteiger partial charge on any atom is 0.408 e. The van der Waals surface area contributed by atoms with Crippen molar-refractivity contribution in [3.63, 3.8) is 0 Å². The molecule has 0 aromatic carbocycles. The summed E-state index contributed by atoms with van der Waals surface area (Å²) in [5.74, 6) is 0.493. The summed E-state index contributed by atoms with van der Waals surface area (Å²) in [7, 11) is 0. The second-order valence-corrected chi connectivity index (χ2v) is 5.85. The van der Waals surface area contributed by atoms with Gasteiger partial charge in [0.25, 0.3) is 0 Å². The lowest BCUT2D eigenvalue weighted by Crippen LogP contribution is -2.20. The number of aromatic amines is 1. The summed E-state index contributed by atoms with van der Waals surface area (Å²) >= 11 is 0. The number of nitrogens with one attached hydrogen (secondary N) is 2. The number of alkyl halides is 3. The monoisotopic (exact) mass is 344 g/mol. The van der Waals surface area contributed by atoms with E-state index in [9.17, 15) is 18.0 Å². The van der Waals surface area contributed by atoms with Crippen LogP contribution in [0, 0.1) is 13.8 Å². The number of aromatic nitrogens is 5. The zero-order valence-electron chi connectivity index (χ0n) is 13.8. The van der Waals surface area contributed by atoms with Gasteiger partial charge in [-0.25, -0.2) is 0 Å².